The summed E-state index contributed by atoms with van der Waals surface area (Å²) in [7, 11) is 0. The number of rotatable bonds is 8. The minimum atomic E-state index is 0.774. The molecule has 0 atom stereocenters. The number of hydrogen-bond donors (Lipinski definition) is 0. The molecule has 0 aliphatic heterocycles. The summed E-state index contributed by atoms with van der Waals surface area (Å²) >= 11 is 0. The summed E-state index contributed by atoms with van der Waals surface area (Å²) in [6.45, 7) is 7.45. The van der Waals surface area contributed by atoms with E-state index in [9.17, 15) is 0 Å². The monoisotopic (exact) mass is 194 g/mol. The molecule has 0 aromatic heterocycles. The number of allylic oxidation sites excluding steroid dienone is 1. The molecule has 0 fully saturated rings. The lowest BCUT2D eigenvalue weighted by Crippen LogP contribution is -1.95. The third-order valence-corrected chi connectivity index (χ3v) is 1.85. The highest BCUT2D eigenvalue weighted by atomic mass is 16.5. The van der Waals surface area contributed by atoms with E-state index < -0.39 is 0 Å². The van der Waals surface area contributed by atoms with E-state index in [-0.39, 0.29) is 0 Å². The molecule has 0 radical (unpaired) electrons. The maximum Gasteiger partial charge on any atom is 0.0575 e. The van der Waals surface area contributed by atoms with Crippen molar-refractivity contribution < 1.29 is 4.74 Å². The van der Waals surface area contributed by atoms with Crippen LogP contribution in [0.4, 0.5) is 0 Å². The van der Waals surface area contributed by atoms with Crippen LogP contribution >= 0.6 is 0 Å². The van der Waals surface area contributed by atoms with Gasteiger partial charge in [0.2, 0.25) is 0 Å². The summed E-state index contributed by atoms with van der Waals surface area (Å²) in [5.74, 6) is 6.26. The topological polar surface area (TPSA) is 9.23 Å². The largest absolute Gasteiger partial charge is 0.380 e. The third kappa shape index (κ3) is 11.3. The van der Waals surface area contributed by atoms with Gasteiger partial charge in [-0.2, -0.15) is 0 Å². The number of unbranched alkanes of at least 4 members (excludes halogenated alkanes) is 3. The van der Waals surface area contributed by atoms with Crippen molar-refractivity contribution in [2.75, 3.05) is 13.2 Å². The summed E-state index contributed by atoms with van der Waals surface area (Å²) in [5, 5.41) is 0. The summed E-state index contributed by atoms with van der Waals surface area (Å²) in [5.41, 5.74) is 0. The Kier molecular flexibility index (Phi) is 11.6. The summed E-state index contributed by atoms with van der Waals surface area (Å²) in [4.78, 5) is 0. The average molecular weight is 194 g/mol. The second kappa shape index (κ2) is 12.3. The van der Waals surface area contributed by atoms with Gasteiger partial charge in [-0.25, -0.2) is 0 Å². The van der Waals surface area contributed by atoms with E-state index in [1.165, 1.54) is 12.8 Å². The van der Waals surface area contributed by atoms with Crippen molar-refractivity contribution in [2.45, 2.75) is 45.4 Å². The Bertz CT molecular complexity index is 173. The van der Waals surface area contributed by atoms with Crippen molar-refractivity contribution in [2.24, 2.45) is 0 Å². The van der Waals surface area contributed by atoms with E-state index in [0.29, 0.717) is 0 Å². The molecule has 80 valence electrons. The van der Waals surface area contributed by atoms with Crippen LogP contribution in [0.3, 0.4) is 0 Å². The van der Waals surface area contributed by atoms with Crippen LogP contribution < -0.4 is 0 Å². The molecule has 0 amide bonds. The van der Waals surface area contributed by atoms with E-state index in [1.807, 2.05) is 6.08 Å². The van der Waals surface area contributed by atoms with Gasteiger partial charge in [0.1, 0.15) is 0 Å². The van der Waals surface area contributed by atoms with Crippen LogP contribution in [0.25, 0.3) is 0 Å². The van der Waals surface area contributed by atoms with E-state index in [4.69, 9.17) is 4.74 Å². The highest BCUT2D eigenvalue weighted by Gasteiger charge is 1.85. The summed E-state index contributed by atoms with van der Waals surface area (Å²) < 4.78 is 5.39. The lowest BCUT2D eigenvalue weighted by Gasteiger charge is -1.98. The smallest absolute Gasteiger partial charge is 0.0575 e. The van der Waals surface area contributed by atoms with E-state index in [0.717, 1.165) is 38.9 Å². The van der Waals surface area contributed by atoms with E-state index in [2.05, 4.69) is 25.3 Å². The SMILES string of the molecule is C=CCCCOCCC#CCCCC. The van der Waals surface area contributed by atoms with Gasteiger partial charge in [0.25, 0.3) is 0 Å². The molecule has 1 heteroatoms. The molecule has 0 aliphatic carbocycles. The van der Waals surface area contributed by atoms with Crippen molar-refractivity contribution >= 4 is 0 Å². The fraction of sp³-hybridized carbons (Fsp3) is 0.692. The fourth-order valence-corrected chi connectivity index (χ4v) is 0.997. The third-order valence-electron chi connectivity index (χ3n) is 1.85. The molecule has 0 bridgehead atoms. The van der Waals surface area contributed by atoms with Crippen LogP contribution in [-0.2, 0) is 4.74 Å². The zero-order valence-electron chi connectivity index (χ0n) is 9.35. The molecular weight excluding hydrogens is 172 g/mol. The van der Waals surface area contributed by atoms with Gasteiger partial charge in [-0.15, -0.1) is 18.4 Å². The highest BCUT2D eigenvalue weighted by Crippen LogP contribution is 1.92. The van der Waals surface area contributed by atoms with Crippen LogP contribution in [0.2, 0.25) is 0 Å². The predicted octanol–water partition coefficient (Wildman–Crippen LogP) is 3.55. The number of hydrogen-bond acceptors (Lipinski definition) is 1. The quantitative estimate of drug-likeness (QED) is 0.326. The van der Waals surface area contributed by atoms with Crippen molar-refractivity contribution in [3.05, 3.63) is 12.7 Å². The Morgan fingerprint density at radius 2 is 1.93 bits per heavy atom. The first-order valence-electron chi connectivity index (χ1n) is 5.56. The number of ether oxygens (including phenoxy) is 1. The first-order valence-corrected chi connectivity index (χ1v) is 5.56. The van der Waals surface area contributed by atoms with Crippen LogP contribution in [0.15, 0.2) is 12.7 Å². The Balaban J connectivity index is 3.03. The average Bonchev–Trinajstić information content (AvgIpc) is 2.21. The normalized spacial score (nSPS) is 9.21. The van der Waals surface area contributed by atoms with Crippen molar-refractivity contribution in [3.8, 4) is 11.8 Å². The fourth-order valence-electron chi connectivity index (χ4n) is 0.997. The Morgan fingerprint density at radius 3 is 2.64 bits per heavy atom. The molecule has 1 nitrogen and oxygen atoms in total. The van der Waals surface area contributed by atoms with Gasteiger partial charge in [0.05, 0.1) is 6.61 Å². The van der Waals surface area contributed by atoms with Crippen molar-refractivity contribution in [3.63, 3.8) is 0 Å². The van der Waals surface area contributed by atoms with Crippen molar-refractivity contribution in [1.29, 1.82) is 0 Å². The molecule has 0 saturated heterocycles. The molecule has 0 unspecified atom stereocenters. The van der Waals surface area contributed by atoms with Crippen LogP contribution in [0, 0.1) is 11.8 Å². The van der Waals surface area contributed by atoms with Gasteiger partial charge in [0, 0.05) is 19.4 Å². The predicted molar refractivity (Wildman–Crippen MR) is 62.2 cm³/mol. The lowest BCUT2D eigenvalue weighted by atomic mass is 10.2. The Labute approximate surface area is 88.5 Å². The van der Waals surface area contributed by atoms with Crippen molar-refractivity contribution in [1.82, 2.24) is 0 Å². The van der Waals surface area contributed by atoms with Crippen LogP contribution in [0.5, 0.6) is 0 Å². The summed E-state index contributed by atoms with van der Waals surface area (Å²) in [6.07, 6.45) is 8.40. The van der Waals surface area contributed by atoms with Gasteiger partial charge in [-0.05, 0) is 19.3 Å². The molecule has 14 heavy (non-hydrogen) atoms. The summed E-state index contributed by atoms with van der Waals surface area (Å²) in [6, 6.07) is 0. The van der Waals surface area contributed by atoms with Gasteiger partial charge < -0.3 is 4.74 Å². The van der Waals surface area contributed by atoms with Gasteiger partial charge >= 0.3 is 0 Å². The molecule has 0 N–H and O–H groups in total. The van der Waals surface area contributed by atoms with Crippen LogP contribution in [-0.4, -0.2) is 13.2 Å². The minimum Gasteiger partial charge on any atom is -0.380 e. The minimum absolute atomic E-state index is 0.774. The van der Waals surface area contributed by atoms with Crippen LogP contribution in [0.1, 0.15) is 45.4 Å². The molecule has 0 aromatic carbocycles. The molecule has 0 heterocycles. The Morgan fingerprint density at radius 1 is 1.14 bits per heavy atom. The van der Waals surface area contributed by atoms with Gasteiger partial charge in [0.15, 0.2) is 0 Å². The maximum atomic E-state index is 5.39. The van der Waals surface area contributed by atoms with Gasteiger partial charge in [-0.3, -0.25) is 0 Å². The first kappa shape index (κ1) is 13.3. The second-order valence-corrected chi connectivity index (χ2v) is 3.25. The first-order chi connectivity index (χ1) is 6.91. The van der Waals surface area contributed by atoms with E-state index in [1.54, 1.807) is 0 Å². The second-order valence-electron chi connectivity index (χ2n) is 3.25. The molecule has 0 aromatic rings. The van der Waals surface area contributed by atoms with Gasteiger partial charge in [-0.1, -0.05) is 19.4 Å². The molecule has 0 aliphatic rings. The molecule has 0 spiro atoms. The molecular formula is C13H22O. The highest BCUT2D eigenvalue weighted by molar-refractivity contribution is 4.98. The molecule has 0 saturated carbocycles. The lowest BCUT2D eigenvalue weighted by molar-refractivity contribution is 0.138. The standard InChI is InChI=1S/C13H22O/c1-3-5-7-8-9-11-13-14-12-10-6-4-2/h4H,2-3,5-7,10-13H2,1H3. The zero-order chi connectivity index (χ0) is 10.5. The zero-order valence-corrected chi connectivity index (χ0v) is 9.35. The molecule has 0 rings (SSSR count). The Hall–Kier alpha value is -0.740. The maximum absolute atomic E-state index is 5.39. The van der Waals surface area contributed by atoms with E-state index >= 15 is 0 Å².